The van der Waals surface area contributed by atoms with E-state index in [1.165, 1.54) is 27.5 Å². The predicted octanol–water partition coefficient (Wildman–Crippen LogP) is 5.68. The molecule has 0 aliphatic heterocycles. The Morgan fingerprint density at radius 2 is 1.91 bits per heavy atom. The second-order valence-corrected chi connectivity index (χ2v) is 5.90. The summed E-state index contributed by atoms with van der Waals surface area (Å²) in [5, 5.41) is 2.45. The van der Waals surface area contributed by atoms with Gasteiger partial charge < -0.3 is 0 Å². The van der Waals surface area contributed by atoms with E-state index in [4.69, 9.17) is 4.98 Å². The van der Waals surface area contributed by atoms with Crippen LogP contribution in [-0.2, 0) is 6.42 Å². The molecule has 1 aliphatic rings. The van der Waals surface area contributed by atoms with Gasteiger partial charge in [0.15, 0.2) is 0 Å². The van der Waals surface area contributed by atoms with Crippen molar-refractivity contribution in [3.05, 3.63) is 71.8 Å². The molecule has 22 heavy (non-hydrogen) atoms. The van der Waals surface area contributed by atoms with Crippen molar-refractivity contribution in [2.45, 2.75) is 26.2 Å². The Hall–Kier alpha value is -2.41. The molecule has 1 heterocycles. The van der Waals surface area contributed by atoms with Gasteiger partial charge in [0.25, 0.3) is 0 Å². The molecule has 1 nitrogen and oxygen atoms in total. The van der Waals surface area contributed by atoms with E-state index in [1.54, 1.807) is 0 Å². The van der Waals surface area contributed by atoms with Crippen LogP contribution in [0.25, 0.3) is 27.4 Å². The summed E-state index contributed by atoms with van der Waals surface area (Å²) in [6, 6.07) is 15.2. The van der Waals surface area contributed by atoms with Gasteiger partial charge in [-0.15, -0.1) is 0 Å². The molecule has 2 aromatic carbocycles. The first kappa shape index (κ1) is 13.3. The van der Waals surface area contributed by atoms with Crippen molar-refractivity contribution in [3.8, 4) is 0 Å². The molecule has 4 rings (SSSR count). The number of para-hydroxylation sites is 1. The fourth-order valence-electron chi connectivity index (χ4n) is 3.29. The Bertz CT molecular complexity index is 916. The van der Waals surface area contributed by atoms with Crippen LogP contribution in [0.3, 0.4) is 0 Å². The van der Waals surface area contributed by atoms with Gasteiger partial charge in [-0.3, -0.25) is 0 Å². The Morgan fingerprint density at radius 1 is 1.00 bits per heavy atom. The quantitative estimate of drug-likeness (QED) is 0.552. The molecule has 0 bridgehead atoms. The van der Waals surface area contributed by atoms with Gasteiger partial charge in [0.1, 0.15) is 0 Å². The molecule has 0 N–H and O–H groups in total. The van der Waals surface area contributed by atoms with Crippen molar-refractivity contribution in [2.24, 2.45) is 0 Å². The maximum Gasteiger partial charge on any atom is 0.0712 e. The SMILES string of the molecule is CCc1cc2nc3ccccc3cc2cc1C1=CC=CCC1. The number of nitrogens with zero attached hydrogens (tertiary/aromatic N) is 1. The first-order chi connectivity index (χ1) is 10.8. The molecule has 1 aliphatic carbocycles. The minimum Gasteiger partial charge on any atom is -0.248 e. The van der Waals surface area contributed by atoms with Crippen LogP contribution in [0.1, 0.15) is 30.9 Å². The van der Waals surface area contributed by atoms with Crippen molar-refractivity contribution < 1.29 is 0 Å². The Balaban J connectivity index is 1.98. The number of rotatable bonds is 2. The molecule has 0 unspecified atom stereocenters. The highest BCUT2D eigenvalue weighted by Crippen LogP contribution is 2.31. The van der Waals surface area contributed by atoms with E-state index < -0.39 is 0 Å². The molecule has 0 saturated carbocycles. The highest BCUT2D eigenvalue weighted by atomic mass is 14.7. The monoisotopic (exact) mass is 285 g/mol. The normalized spacial score (nSPS) is 14.5. The van der Waals surface area contributed by atoms with Gasteiger partial charge in [-0.05, 0) is 60.2 Å². The van der Waals surface area contributed by atoms with E-state index >= 15 is 0 Å². The van der Waals surface area contributed by atoms with Crippen molar-refractivity contribution >= 4 is 27.4 Å². The first-order valence-electron chi connectivity index (χ1n) is 8.03. The molecule has 0 atom stereocenters. The molecule has 1 heteroatoms. The molecule has 108 valence electrons. The van der Waals surface area contributed by atoms with Crippen LogP contribution in [0.2, 0.25) is 0 Å². The Kier molecular flexibility index (Phi) is 3.27. The van der Waals surface area contributed by atoms with Crippen LogP contribution in [0, 0.1) is 0 Å². The van der Waals surface area contributed by atoms with E-state index in [0.29, 0.717) is 0 Å². The predicted molar refractivity (Wildman–Crippen MR) is 95.0 cm³/mol. The second-order valence-electron chi connectivity index (χ2n) is 5.90. The van der Waals surface area contributed by atoms with Gasteiger partial charge in [0.2, 0.25) is 0 Å². The molecule has 1 aromatic heterocycles. The number of fused-ring (bicyclic) bond motifs is 2. The molecule has 0 saturated heterocycles. The van der Waals surface area contributed by atoms with Crippen LogP contribution in [0.4, 0.5) is 0 Å². The topological polar surface area (TPSA) is 12.9 Å². The zero-order chi connectivity index (χ0) is 14.9. The lowest BCUT2D eigenvalue weighted by molar-refractivity contribution is 1.04. The van der Waals surface area contributed by atoms with Crippen molar-refractivity contribution in [1.29, 1.82) is 0 Å². The summed E-state index contributed by atoms with van der Waals surface area (Å²) >= 11 is 0. The van der Waals surface area contributed by atoms with Gasteiger partial charge in [-0.2, -0.15) is 0 Å². The van der Waals surface area contributed by atoms with Gasteiger partial charge in [0.05, 0.1) is 11.0 Å². The summed E-state index contributed by atoms with van der Waals surface area (Å²) in [4.78, 5) is 4.84. The van der Waals surface area contributed by atoms with Crippen LogP contribution in [0.5, 0.6) is 0 Å². The Labute approximate surface area is 131 Å². The Morgan fingerprint density at radius 3 is 2.73 bits per heavy atom. The fourth-order valence-corrected chi connectivity index (χ4v) is 3.29. The van der Waals surface area contributed by atoms with Gasteiger partial charge in [-0.25, -0.2) is 4.98 Å². The van der Waals surface area contributed by atoms with E-state index in [2.05, 4.69) is 67.6 Å². The number of aryl methyl sites for hydroxylation is 1. The largest absolute Gasteiger partial charge is 0.248 e. The molecule has 3 aromatic rings. The van der Waals surface area contributed by atoms with Crippen LogP contribution >= 0.6 is 0 Å². The van der Waals surface area contributed by atoms with Gasteiger partial charge >= 0.3 is 0 Å². The second kappa shape index (κ2) is 5.42. The third kappa shape index (κ3) is 2.23. The van der Waals surface area contributed by atoms with E-state index in [1.807, 2.05) is 0 Å². The zero-order valence-electron chi connectivity index (χ0n) is 12.8. The summed E-state index contributed by atoms with van der Waals surface area (Å²) in [5.41, 5.74) is 6.43. The number of allylic oxidation sites excluding steroid dienone is 4. The number of hydrogen-bond acceptors (Lipinski definition) is 1. The number of benzene rings is 2. The van der Waals surface area contributed by atoms with E-state index in [9.17, 15) is 0 Å². The summed E-state index contributed by atoms with van der Waals surface area (Å²) in [7, 11) is 0. The molecular weight excluding hydrogens is 266 g/mol. The van der Waals surface area contributed by atoms with Crippen LogP contribution < -0.4 is 0 Å². The lowest BCUT2D eigenvalue weighted by atomic mass is 9.91. The molecular formula is C21H19N. The van der Waals surface area contributed by atoms with E-state index in [0.717, 1.165) is 30.3 Å². The smallest absolute Gasteiger partial charge is 0.0712 e. The number of hydrogen-bond donors (Lipinski definition) is 0. The summed E-state index contributed by atoms with van der Waals surface area (Å²) in [6.45, 7) is 2.23. The van der Waals surface area contributed by atoms with Crippen molar-refractivity contribution in [1.82, 2.24) is 4.98 Å². The molecule has 0 radical (unpaired) electrons. The summed E-state index contributed by atoms with van der Waals surface area (Å²) in [6.07, 6.45) is 10.0. The molecule has 0 amide bonds. The zero-order valence-corrected chi connectivity index (χ0v) is 12.8. The molecule has 0 spiro atoms. The maximum atomic E-state index is 4.84. The minimum absolute atomic E-state index is 1.04. The minimum atomic E-state index is 1.04. The van der Waals surface area contributed by atoms with Crippen molar-refractivity contribution in [2.75, 3.05) is 0 Å². The van der Waals surface area contributed by atoms with Gasteiger partial charge in [0, 0.05) is 10.8 Å². The third-order valence-corrected chi connectivity index (χ3v) is 4.48. The first-order valence-corrected chi connectivity index (χ1v) is 8.03. The van der Waals surface area contributed by atoms with Crippen LogP contribution in [0.15, 0.2) is 60.7 Å². The number of pyridine rings is 1. The fraction of sp³-hybridized carbons (Fsp3) is 0.190. The van der Waals surface area contributed by atoms with E-state index in [-0.39, 0.29) is 0 Å². The summed E-state index contributed by atoms with van der Waals surface area (Å²) < 4.78 is 0. The highest BCUT2D eigenvalue weighted by Gasteiger charge is 2.11. The lowest BCUT2D eigenvalue weighted by Crippen LogP contribution is -1.96. The lowest BCUT2D eigenvalue weighted by Gasteiger charge is -2.15. The average molecular weight is 285 g/mol. The molecule has 0 fully saturated rings. The number of aromatic nitrogens is 1. The van der Waals surface area contributed by atoms with Crippen molar-refractivity contribution in [3.63, 3.8) is 0 Å². The average Bonchev–Trinajstić information content (AvgIpc) is 2.59. The maximum absolute atomic E-state index is 4.84. The van der Waals surface area contributed by atoms with Gasteiger partial charge in [-0.1, -0.05) is 43.4 Å². The summed E-state index contributed by atoms with van der Waals surface area (Å²) in [5.74, 6) is 0. The third-order valence-electron chi connectivity index (χ3n) is 4.48. The highest BCUT2D eigenvalue weighted by molar-refractivity contribution is 5.95. The van der Waals surface area contributed by atoms with Crippen LogP contribution in [-0.4, -0.2) is 4.98 Å². The standard InChI is InChI=1S/C21H19N/c1-2-15-14-21-18(12-17-10-6-7-11-20(17)22-21)13-19(15)16-8-4-3-5-9-16/h3-4,6-8,10-14H,2,5,9H2,1H3.